The number of anilines is 1. The van der Waals surface area contributed by atoms with Crippen molar-refractivity contribution in [3.63, 3.8) is 0 Å². The highest BCUT2D eigenvalue weighted by molar-refractivity contribution is 7.89. The standard InChI is InChI=1S/C13H10ClFN2O3S/c14-10-7-8(21(16,19)20)5-6-12(10)17-13(18)9-3-1-2-4-11(9)15/h1-7H,(H,17,18)(H2,16,19,20). The number of halogens is 2. The molecule has 2 aromatic rings. The van der Waals surface area contributed by atoms with Crippen LogP contribution in [0.1, 0.15) is 10.4 Å². The summed E-state index contributed by atoms with van der Waals surface area (Å²) in [4.78, 5) is 11.7. The second-order valence-corrected chi connectivity index (χ2v) is 6.09. The van der Waals surface area contributed by atoms with Gasteiger partial charge in [0.05, 0.1) is 21.2 Å². The number of nitrogens with two attached hydrogens (primary N) is 1. The highest BCUT2D eigenvalue weighted by atomic mass is 35.5. The van der Waals surface area contributed by atoms with E-state index in [0.29, 0.717) is 0 Å². The lowest BCUT2D eigenvalue weighted by atomic mass is 10.2. The van der Waals surface area contributed by atoms with Crippen LogP contribution in [-0.4, -0.2) is 14.3 Å². The third kappa shape index (κ3) is 3.57. The van der Waals surface area contributed by atoms with E-state index in [-0.39, 0.29) is 21.2 Å². The van der Waals surface area contributed by atoms with Crippen LogP contribution in [0.25, 0.3) is 0 Å². The largest absolute Gasteiger partial charge is 0.321 e. The molecule has 0 saturated heterocycles. The molecule has 0 heterocycles. The fraction of sp³-hybridized carbons (Fsp3) is 0. The smallest absolute Gasteiger partial charge is 0.258 e. The number of hydrogen-bond acceptors (Lipinski definition) is 3. The zero-order valence-electron chi connectivity index (χ0n) is 10.5. The van der Waals surface area contributed by atoms with Gasteiger partial charge in [-0.1, -0.05) is 23.7 Å². The van der Waals surface area contributed by atoms with Gasteiger partial charge in [-0.2, -0.15) is 0 Å². The number of rotatable bonds is 3. The summed E-state index contributed by atoms with van der Waals surface area (Å²) in [6, 6.07) is 9.02. The lowest BCUT2D eigenvalue weighted by Gasteiger charge is -2.09. The number of carbonyl (C=O) groups excluding carboxylic acids is 1. The fourth-order valence-corrected chi connectivity index (χ4v) is 2.44. The summed E-state index contributed by atoms with van der Waals surface area (Å²) >= 11 is 5.88. The average molecular weight is 329 g/mol. The van der Waals surface area contributed by atoms with Crippen LogP contribution >= 0.6 is 11.6 Å². The molecule has 0 radical (unpaired) electrons. The van der Waals surface area contributed by atoms with E-state index in [4.69, 9.17) is 16.7 Å². The molecule has 5 nitrogen and oxygen atoms in total. The summed E-state index contributed by atoms with van der Waals surface area (Å²) in [6.07, 6.45) is 0. The Morgan fingerprint density at radius 1 is 1.19 bits per heavy atom. The van der Waals surface area contributed by atoms with Gasteiger partial charge in [0.1, 0.15) is 5.82 Å². The number of primary sulfonamides is 1. The molecule has 0 spiro atoms. The van der Waals surface area contributed by atoms with Crippen molar-refractivity contribution < 1.29 is 17.6 Å². The lowest BCUT2D eigenvalue weighted by Crippen LogP contribution is -2.15. The van der Waals surface area contributed by atoms with E-state index < -0.39 is 21.7 Å². The number of amides is 1. The number of sulfonamides is 1. The molecule has 0 saturated carbocycles. The molecule has 0 aliphatic carbocycles. The molecule has 0 fully saturated rings. The van der Waals surface area contributed by atoms with Crippen molar-refractivity contribution in [2.24, 2.45) is 5.14 Å². The van der Waals surface area contributed by atoms with Crippen LogP contribution in [-0.2, 0) is 10.0 Å². The van der Waals surface area contributed by atoms with Gasteiger partial charge in [0.25, 0.3) is 5.91 Å². The Kier molecular flexibility index (Phi) is 4.26. The Hall–Kier alpha value is -1.96. The third-order valence-corrected chi connectivity index (χ3v) is 3.86. The second-order valence-electron chi connectivity index (χ2n) is 4.12. The van der Waals surface area contributed by atoms with E-state index in [2.05, 4.69) is 5.32 Å². The van der Waals surface area contributed by atoms with Gasteiger partial charge in [-0.3, -0.25) is 4.79 Å². The van der Waals surface area contributed by atoms with E-state index >= 15 is 0 Å². The van der Waals surface area contributed by atoms with Crippen LogP contribution < -0.4 is 10.5 Å². The molecule has 0 aromatic heterocycles. The summed E-state index contributed by atoms with van der Waals surface area (Å²) in [6.45, 7) is 0. The van der Waals surface area contributed by atoms with Gasteiger partial charge in [-0.15, -0.1) is 0 Å². The van der Waals surface area contributed by atoms with Crippen LogP contribution in [0.4, 0.5) is 10.1 Å². The zero-order valence-corrected chi connectivity index (χ0v) is 12.1. The minimum absolute atomic E-state index is 0.0220. The van der Waals surface area contributed by atoms with Crippen LogP contribution in [0.15, 0.2) is 47.4 Å². The van der Waals surface area contributed by atoms with Crippen molar-refractivity contribution in [1.82, 2.24) is 0 Å². The molecule has 0 aliphatic heterocycles. The quantitative estimate of drug-likeness (QED) is 0.906. The van der Waals surface area contributed by atoms with Crippen LogP contribution in [0, 0.1) is 5.82 Å². The molecule has 0 unspecified atom stereocenters. The Bertz CT molecular complexity index is 809. The average Bonchev–Trinajstić information content (AvgIpc) is 2.40. The van der Waals surface area contributed by atoms with Crippen molar-refractivity contribution in [3.8, 4) is 0 Å². The van der Waals surface area contributed by atoms with E-state index in [1.165, 1.54) is 30.3 Å². The van der Waals surface area contributed by atoms with Gasteiger partial charge >= 0.3 is 0 Å². The fourth-order valence-electron chi connectivity index (χ4n) is 1.61. The Labute approximate surface area is 125 Å². The number of nitrogens with one attached hydrogen (secondary N) is 1. The summed E-state index contributed by atoms with van der Waals surface area (Å²) in [5.74, 6) is -1.37. The van der Waals surface area contributed by atoms with E-state index in [1.807, 2.05) is 0 Å². The molecule has 0 bridgehead atoms. The van der Waals surface area contributed by atoms with Crippen molar-refractivity contribution in [3.05, 3.63) is 58.9 Å². The van der Waals surface area contributed by atoms with Gasteiger partial charge in [0.2, 0.25) is 10.0 Å². The predicted octanol–water partition coefficient (Wildman–Crippen LogP) is 2.38. The van der Waals surface area contributed by atoms with Crippen LogP contribution in [0.3, 0.4) is 0 Å². The molecule has 2 rings (SSSR count). The minimum Gasteiger partial charge on any atom is -0.321 e. The molecule has 8 heteroatoms. The van der Waals surface area contributed by atoms with Gasteiger partial charge in [-0.05, 0) is 30.3 Å². The predicted molar refractivity (Wildman–Crippen MR) is 77.2 cm³/mol. The molecule has 2 aromatic carbocycles. The minimum atomic E-state index is -3.89. The third-order valence-electron chi connectivity index (χ3n) is 2.64. The molecule has 0 atom stereocenters. The van der Waals surface area contributed by atoms with Gasteiger partial charge in [0, 0.05) is 0 Å². The first-order chi connectivity index (χ1) is 9.79. The Balaban J connectivity index is 2.29. The van der Waals surface area contributed by atoms with Crippen LogP contribution in [0.2, 0.25) is 5.02 Å². The highest BCUT2D eigenvalue weighted by Gasteiger charge is 2.15. The van der Waals surface area contributed by atoms with Crippen LogP contribution in [0.5, 0.6) is 0 Å². The molecule has 110 valence electrons. The SMILES string of the molecule is NS(=O)(=O)c1ccc(NC(=O)c2ccccc2F)c(Cl)c1. The summed E-state index contributed by atoms with van der Waals surface area (Å²) in [5.41, 5.74) is 0.00130. The second kappa shape index (κ2) is 5.80. The summed E-state index contributed by atoms with van der Waals surface area (Å²) in [5, 5.41) is 7.34. The maximum Gasteiger partial charge on any atom is 0.258 e. The van der Waals surface area contributed by atoms with E-state index in [0.717, 1.165) is 12.1 Å². The molecule has 3 N–H and O–H groups in total. The van der Waals surface area contributed by atoms with Gasteiger partial charge < -0.3 is 5.32 Å². The maximum atomic E-state index is 13.5. The molecule has 1 amide bonds. The topological polar surface area (TPSA) is 89.3 Å². The first-order valence-corrected chi connectivity index (χ1v) is 7.59. The van der Waals surface area contributed by atoms with Crippen molar-refractivity contribution in [2.75, 3.05) is 5.32 Å². The highest BCUT2D eigenvalue weighted by Crippen LogP contribution is 2.25. The van der Waals surface area contributed by atoms with Crippen molar-refractivity contribution >= 4 is 33.2 Å². The van der Waals surface area contributed by atoms with Crippen molar-refractivity contribution in [2.45, 2.75) is 4.90 Å². The van der Waals surface area contributed by atoms with E-state index in [9.17, 15) is 17.6 Å². The number of hydrogen-bond donors (Lipinski definition) is 2. The number of benzene rings is 2. The monoisotopic (exact) mass is 328 g/mol. The van der Waals surface area contributed by atoms with E-state index in [1.54, 1.807) is 0 Å². The first-order valence-electron chi connectivity index (χ1n) is 5.67. The summed E-state index contributed by atoms with van der Waals surface area (Å²) in [7, 11) is -3.89. The molecular formula is C13H10ClFN2O3S. The summed E-state index contributed by atoms with van der Waals surface area (Å²) < 4.78 is 35.8. The Morgan fingerprint density at radius 2 is 1.86 bits per heavy atom. The van der Waals surface area contributed by atoms with Gasteiger partial charge in [-0.25, -0.2) is 17.9 Å². The lowest BCUT2D eigenvalue weighted by molar-refractivity contribution is 0.102. The van der Waals surface area contributed by atoms with Crippen molar-refractivity contribution in [1.29, 1.82) is 0 Å². The normalized spacial score (nSPS) is 11.2. The van der Waals surface area contributed by atoms with Gasteiger partial charge in [0.15, 0.2) is 0 Å². The Morgan fingerprint density at radius 3 is 2.43 bits per heavy atom. The zero-order chi connectivity index (χ0) is 15.6. The first kappa shape index (κ1) is 15.4. The molecule has 0 aliphatic rings. The molecular weight excluding hydrogens is 319 g/mol. The number of carbonyl (C=O) groups is 1. The molecule has 21 heavy (non-hydrogen) atoms. The maximum absolute atomic E-state index is 13.5.